The van der Waals surface area contributed by atoms with Crippen molar-refractivity contribution in [3.05, 3.63) is 28.2 Å². The lowest BCUT2D eigenvalue weighted by Gasteiger charge is -2.13. The molecule has 0 aliphatic carbocycles. The van der Waals surface area contributed by atoms with Crippen molar-refractivity contribution >= 4 is 45.9 Å². The summed E-state index contributed by atoms with van der Waals surface area (Å²) in [7, 11) is 5.07. The molecular formula is C13H21BrIN3O2. The Labute approximate surface area is 145 Å². The van der Waals surface area contributed by atoms with Gasteiger partial charge >= 0.3 is 0 Å². The Bertz CT molecular complexity index is 430. The first-order valence-corrected chi connectivity index (χ1v) is 6.76. The number of benzene rings is 1. The molecular weight excluding hydrogens is 437 g/mol. The molecule has 0 atom stereocenters. The highest BCUT2D eigenvalue weighted by Gasteiger charge is 2.04. The summed E-state index contributed by atoms with van der Waals surface area (Å²) < 4.78 is 11.3. The van der Waals surface area contributed by atoms with Crippen LogP contribution in [0.2, 0.25) is 0 Å². The smallest absolute Gasteiger partial charge is 0.191 e. The average molecular weight is 458 g/mol. The lowest BCUT2D eigenvalue weighted by Crippen LogP contribution is -2.38. The van der Waals surface area contributed by atoms with Crippen molar-refractivity contribution in [3.63, 3.8) is 0 Å². The predicted octanol–water partition coefficient (Wildman–Crippen LogP) is 2.39. The zero-order valence-electron chi connectivity index (χ0n) is 11.9. The molecule has 0 saturated carbocycles. The fourth-order valence-electron chi connectivity index (χ4n) is 1.56. The minimum Gasteiger partial charge on any atom is -0.496 e. The molecule has 1 aromatic carbocycles. The number of methoxy groups -OCH3 is 2. The molecule has 0 radical (unpaired) electrons. The molecule has 0 spiro atoms. The van der Waals surface area contributed by atoms with E-state index in [9.17, 15) is 0 Å². The molecule has 5 nitrogen and oxygen atoms in total. The van der Waals surface area contributed by atoms with E-state index in [1.165, 1.54) is 0 Å². The van der Waals surface area contributed by atoms with Gasteiger partial charge in [0.05, 0.1) is 13.7 Å². The number of nitrogens with zero attached hydrogens (tertiary/aromatic N) is 1. The van der Waals surface area contributed by atoms with Crippen LogP contribution in [0.1, 0.15) is 5.56 Å². The summed E-state index contributed by atoms with van der Waals surface area (Å²) in [5.74, 6) is 1.59. The molecule has 114 valence electrons. The highest BCUT2D eigenvalue weighted by molar-refractivity contribution is 14.0. The Morgan fingerprint density at radius 2 is 2.05 bits per heavy atom. The van der Waals surface area contributed by atoms with Gasteiger partial charge in [-0.25, -0.2) is 0 Å². The van der Waals surface area contributed by atoms with Crippen LogP contribution in [0.15, 0.2) is 27.7 Å². The molecule has 0 amide bonds. The largest absolute Gasteiger partial charge is 0.496 e. The van der Waals surface area contributed by atoms with Crippen LogP contribution in [-0.4, -0.2) is 40.4 Å². The van der Waals surface area contributed by atoms with Crippen LogP contribution in [0.4, 0.5) is 0 Å². The van der Waals surface area contributed by atoms with E-state index < -0.39 is 0 Å². The fraction of sp³-hybridized carbons (Fsp3) is 0.462. The number of ether oxygens (including phenoxy) is 2. The van der Waals surface area contributed by atoms with Gasteiger partial charge in [0.15, 0.2) is 5.96 Å². The maximum atomic E-state index is 5.32. The first kappa shape index (κ1) is 19.5. The van der Waals surface area contributed by atoms with Crippen LogP contribution < -0.4 is 15.4 Å². The molecule has 7 heteroatoms. The molecule has 1 aromatic rings. The van der Waals surface area contributed by atoms with E-state index in [4.69, 9.17) is 9.47 Å². The van der Waals surface area contributed by atoms with Crippen LogP contribution in [0.5, 0.6) is 5.75 Å². The third-order valence-corrected chi connectivity index (χ3v) is 3.00. The average Bonchev–Trinajstić information content (AvgIpc) is 2.43. The summed E-state index contributed by atoms with van der Waals surface area (Å²) in [4.78, 5) is 4.14. The highest BCUT2D eigenvalue weighted by atomic mass is 127. The lowest BCUT2D eigenvalue weighted by molar-refractivity contribution is 0.203. The molecule has 20 heavy (non-hydrogen) atoms. The number of rotatable bonds is 6. The fourth-order valence-corrected chi connectivity index (χ4v) is 1.96. The standard InChI is InChI=1S/C13H20BrN3O2.HI/c1-15-13(16-6-7-18-2)17-9-10-8-11(14)4-5-12(10)19-3;/h4-5,8H,6-7,9H2,1-3H3,(H2,15,16,17);1H. The van der Waals surface area contributed by atoms with Crippen molar-refractivity contribution in [2.24, 2.45) is 4.99 Å². The number of halogens is 2. The molecule has 0 saturated heterocycles. The molecule has 0 heterocycles. The first-order chi connectivity index (χ1) is 9.21. The Balaban J connectivity index is 0.00000361. The van der Waals surface area contributed by atoms with Crippen LogP contribution in [0.25, 0.3) is 0 Å². The Morgan fingerprint density at radius 3 is 2.65 bits per heavy atom. The predicted molar refractivity (Wildman–Crippen MR) is 96.2 cm³/mol. The molecule has 2 N–H and O–H groups in total. The second-order valence-corrected chi connectivity index (χ2v) is 4.72. The Kier molecular flexibility index (Phi) is 10.9. The number of nitrogens with one attached hydrogen (secondary N) is 2. The van der Waals surface area contributed by atoms with Gasteiger partial charge in [-0.3, -0.25) is 4.99 Å². The van der Waals surface area contributed by atoms with E-state index in [0.717, 1.165) is 21.7 Å². The van der Waals surface area contributed by atoms with E-state index in [0.29, 0.717) is 19.7 Å². The van der Waals surface area contributed by atoms with Crippen molar-refractivity contribution < 1.29 is 9.47 Å². The van der Waals surface area contributed by atoms with Crippen LogP contribution in [0, 0.1) is 0 Å². The SMILES string of the molecule is CN=C(NCCOC)NCc1cc(Br)ccc1OC.I. The summed E-state index contributed by atoms with van der Waals surface area (Å²) >= 11 is 3.46. The topological polar surface area (TPSA) is 54.9 Å². The first-order valence-electron chi connectivity index (χ1n) is 5.97. The van der Waals surface area contributed by atoms with Gasteiger partial charge in [-0.05, 0) is 18.2 Å². The summed E-state index contributed by atoms with van der Waals surface area (Å²) in [6, 6.07) is 5.91. The number of hydrogen-bond acceptors (Lipinski definition) is 3. The van der Waals surface area contributed by atoms with Gasteiger partial charge in [-0.2, -0.15) is 0 Å². The summed E-state index contributed by atoms with van der Waals surface area (Å²) in [5, 5.41) is 6.38. The van der Waals surface area contributed by atoms with E-state index in [-0.39, 0.29) is 24.0 Å². The second-order valence-electron chi connectivity index (χ2n) is 3.80. The number of aliphatic imine (C=N–C) groups is 1. The highest BCUT2D eigenvalue weighted by Crippen LogP contribution is 2.22. The second kappa shape index (κ2) is 11.2. The van der Waals surface area contributed by atoms with Gasteiger partial charge in [0, 0.05) is 37.3 Å². The minimum atomic E-state index is 0. The van der Waals surface area contributed by atoms with Crippen molar-refractivity contribution in [1.29, 1.82) is 0 Å². The molecule has 0 unspecified atom stereocenters. The minimum absolute atomic E-state index is 0. The molecule has 0 aromatic heterocycles. The summed E-state index contributed by atoms with van der Waals surface area (Å²) in [5.41, 5.74) is 1.06. The zero-order valence-corrected chi connectivity index (χ0v) is 15.8. The molecule has 0 bridgehead atoms. The molecule has 0 aliphatic heterocycles. The van der Waals surface area contributed by atoms with Gasteiger partial charge in [0.25, 0.3) is 0 Å². The summed E-state index contributed by atoms with van der Waals surface area (Å²) in [6.45, 7) is 1.99. The molecule has 0 aliphatic rings. The van der Waals surface area contributed by atoms with Crippen LogP contribution in [0.3, 0.4) is 0 Å². The van der Waals surface area contributed by atoms with E-state index in [1.54, 1.807) is 21.3 Å². The molecule has 1 rings (SSSR count). The van der Waals surface area contributed by atoms with E-state index in [2.05, 4.69) is 31.6 Å². The van der Waals surface area contributed by atoms with Crippen molar-refractivity contribution in [3.8, 4) is 5.75 Å². The maximum absolute atomic E-state index is 5.32. The third-order valence-electron chi connectivity index (χ3n) is 2.51. The number of hydrogen-bond donors (Lipinski definition) is 2. The van der Waals surface area contributed by atoms with Gasteiger partial charge in [-0.1, -0.05) is 15.9 Å². The third kappa shape index (κ3) is 6.76. The molecule has 0 fully saturated rings. The Hall–Kier alpha value is -0.540. The van der Waals surface area contributed by atoms with Gasteiger partial charge in [0.2, 0.25) is 0 Å². The van der Waals surface area contributed by atoms with Crippen molar-refractivity contribution in [2.75, 3.05) is 34.4 Å². The van der Waals surface area contributed by atoms with Crippen molar-refractivity contribution in [1.82, 2.24) is 10.6 Å². The van der Waals surface area contributed by atoms with Gasteiger partial charge in [-0.15, -0.1) is 24.0 Å². The summed E-state index contributed by atoms with van der Waals surface area (Å²) in [6.07, 6.45) is 0. The lowest BCUT2D eigenvalue weighted by atomic mass is 10.2. The zero-order chi connectivity index (χ0) is 14.1. The van der Waals surface area contributed by atoms with E-state index in [1.807, 2.05) is 18.2 Å². The van der Waals surface area contributed by atoms with Crippen molar-refractivity contribution in [2.45, 2.75) is 6.54 Å². The maximum Gasteiger partial charge on any atom is 0.191 e. The Morgan fingerprint density at radius 1 is 1.30 bits per heavy atom. The normalized spacial score (nSPS) is 10.7. The van der Waals surface area contributed by atoms with Crippen LogP contribution in [-0.2, 0) is 11.3 Å². The van der Waals surface area contributed by atoms with Crippen LogP contribution >= 0.6 is 39.9 Å². The quantitative estimate of drug-likeness (QED) is 0.298. The van der Waals surface area contributed by atoms with Gasteiger partial charge < -0.3 is 20.1 Å². The number of guanidine groups is 1. The monoisotopic (exact) mass is 457 g/mol. The van der Waals surface area contributed by atoms with E-state index >= 15 is 0 Å². The van der Waals surface area contributed by atoms with Gasteiger partial charge in [0.1, 0.15) is 5.75 Å².